The van der Waals surface area contributed by atoms with Crippen LogP contribution in [0.5, 0.6) is 11.5 Å². The van der Waals surface area contributed by atoms with Gasteiger partial charge in [0.25, 0.3) is 6.33 Å². The van der Waals surface area contributed by atoms with Crippen molar-refractivity contribution in [3.05, 3.63) is 133 Å². The molecule has 0 aliphatic carbocycles. The summed E-state index contributed by atoms with van der Waals surface area (Å²) >= 11 is 0. The molecule has 0 bridgehead atoms. The minimum absolute atomic E-state index is 0. The van der Waals surface area contributed by atoms with Crippen LogP contribution >= 0.6 is 0 Å². The van der Waals surface area contributed by atoms with Gasteiger partial charge in [0.1, 0.15) is 5.82 Å². The van der Waals surface area contributed by atoms with Crippen LogP contribution in [0.1, 0.15) is 44.3 Å². The van der Waals surface area contributed by atoms with Gasteiger partial charge in [-0.15, -0.1) is 23.6 Å². The molecule has 234 valence electrons. The number of nitrogens with zero attached hydrogens (tertiary/aromatic N) is 5. The van der Waals surface area contributed by atoms with E-state index in [9.17, 15) is 0 Å². The van der Waals surface area contributed by atoms with Crippen molar-refractivity contribution >= 4 is 21.8 Å². The van der Waals surface area contributed by atoms with E-state index in [2.05, 4.69) is 34.5 Å². The zero-order valence-electron chi connectivity index (χ0n) is 29.9. The van der Waals surface area contributed by atoms with Gasteiger partial charge >= 0.3 is 0 Å². The summed E-state index contributed by atoms with van der Waals surface area (Å²) in [5.41, 5.74) is 4.26. The second-order valence-electron chi connectivity index (χ2n) is 11.5. The van der Waals surface area contributed by atoms with Crippen LogP contribution in [-0.4, -0.2) is 19.1 Å². The molecule has 0 saturated heterocycles. The quantitative estimate of drug-likeness (QED) is 0.110. The Morgan fingerprint density at radius 1 is 0.848 bits per heavy atom. The molecule has 3 aromatic carbocycles. The maximum Gasteiger partial charge on any atom is 0.267 e. The molecule has 0 aliphatic rings. The van der Waals surface area contributed by atoms with Crippen LogP contribution in [0, 0.1) is 30.3 Å². The Kier molecular flexibility index (Phi) is 7.79. The standard InChI is InChI=1S/C39H35N5O.Pt/c1-27(2)18-29-8-7-9-31(20-29)42-16-17-43(26-42)32-22-34(25-40-24-32)45-33-12-13-36-35-10-5-6-11-37(35)44(38(36)23-33)39-21-30(14-15-41-39)19-28(3)4;/h5-17,20-21,24-25,27-28H,18-19H2,1-4H3;/q-2;/i18D2,19D2;. The Bertz CT molecular complexity index is 2310. The number of benzene rings is 3. The summed E-state index contributed by atoms with van der Waals surface area (Å²) in [6.45, 7) is 7.50. The van der Waals surface area contributed by atoms with E-state index >= 15 is 0 Å². The third-order valence-electron chi connectivity index (χ3n) is 7.27. The van der Waals surface area contributed by atoms with Crippen LogP contribution in [0.25, 0.3) is 39.0 Å². The number of hydrogen-bond donors (Lipinski definition) is 0. The SMILES string of the molecule is [2H]C([2H])(c1cccc(-[n+]2[c-]n(-c3[c-]c(Oc4[c-]c5c(cc4)c4ccccc4n5-c4cc(C([2H])([2H])C(C)C)ccn4)cnc3)cc2)c1)C(C)C.[Pt]. The number of ether oxygens (including phenoxy) is 1. The topological polar surface area (TPSA) is 48.8 Å². The maximum absolute atomic E-state index is 8.67. The van der Waals surface area contributed by atoms with E-state index in [1.807, 2.05) is 105 Å². The van der Waals surface area contributed by atoms with Gasteiger partial charge in [-0.2, -0.15) is 6.07 Å². The number of hydrogen-bond acceptors (Lipinski definition) is 3. The van der Waals surface area contributed by atoms with E-state index in [1.165, 1.54) is 0 Å². The minimum Gasteiger partial charge on any atom is -0.508 e. The first-order chi connectivity index (χ1) is 23.4. The van der Waals surface area contributed by atoms with Gasteiger partial charge in [-0.3, -0.25) is 4.57 Å². The van der Waals surface area contributed by atoms with Crippen molar-refractivity contribution in [2.24, 2.45) is 11.8 Å². The monoisotopic (exact) mass is 788 g/mol. The Morgan fingerprint density at radius 3 is 2.48 bits per heavy atom. The van der Waals surface area contributed by atoms with Gasteiger partial charge in [-0.05, 0) is 77.7 Å². The maximum atomic E-state index is 8.67. The van der Waals surface area contributed by atoms with Gasteiger partial charge in [0.2, 0.25) is 0 Å². The van der Waals surface area contributed by atoms with Crippen LogP contribution in [0.15, 0.2) is 104 Å². The second kappa shape index (κ2) is 13.4. The number of para-hydroxylation sites is 1. The third kappa shape index (κ3) is 6.54. The molecule has 6 nitrogen and oxygen atoms in total. The third-order valence-corrected chi connectivity index (χ3v) is 7.27. The molecule has 0 amide bonds. The fourth-order valence-electron chi connectivity index (χ4n) is 5.47. The number of pyridine rings is 2. The van der Waals surface area contributed by atoms with Crippen molar-refractivity contribution in [1.29, 1.82) is 0 Å². The van der Waals surface area contributed by atoms with Gasteiger partial charge in [0, 0.05) is 62.2 Å². The molecule has 7 rings (SSSR count). The van der Waals surface area contributed by atoms with E-state index < -0.39 is 12.7 Å². The van der Waals surface area contributed by atoms with Crippen molar-refractivity contribution in [2.75, 3.05) is 0 Å². The largest absolute Gasteiger partial charge is 0.508 e. The molecule has 0 N–H and O–H groups in total. The van der Waals surface area contributed by atoms with Crippen LogP contribution in [0.2, 0.25) is 0 Å². The summed E-state index contributed by atoms with van der Waals surface area (Å²) in [6, 6.07) is 29.6. The van der Waals surface area contributed by atoms with Crippen molar-refractivity contribution in [2.45, 2.75) is 40.4 Å². The number of imidazole rings is 1. The zero-order valence-corrected chi connectivity index (χ0v) is 28.2. The summed E-state index contributed by atoms with van der Waals surface area (Å²) in [4.78, 5) is 9.05. The molecule has 7 aromatic rings. The molecule has 4 heterocycles. The molecule has 0 radical (unpaired) electrons. The Morgan fingerprint density at radius 2 is 1.65 bits per heavy atom. The van der Waals surface area contributed by atoms with E-state index in [1.54, 1.807) is 33.8 Å². The Balaban J connectivity index is 0.00000432. The van der Waals surface area contributed by atoms with Gasteiger partial charge in [0.05, 0.1) is 5.69 Å². The zero-order chi connectivity index (χ0) is 34.5. The van der Waals surface area contributed by atoms with E-state index in [0.717, 1.165) is 27.5 Å². The first-order valence-corrected chi connectivity index (χ1v) is 15.0. The molecule has 4 aromatic heterocycles. The molecule has 0 saturated carbocycles. The van der Waals surface area contributed by atoms with Gasteiger partial charge in [-0.1, -0.05) is 75.3 Å². The van der Waals surface area contributed by atoms with E-state index in [-0.39, 0.29) is 32.9 Å². The van der Waals surface area contributed by atoms with E-state index in [0.29, 0.717) is 34.1 Å². The minimum atomic E-state index is -1.52. The van der Waals surface area contributed by atoms with Crippen LogP contribution < -0.4 is 9.30 Å². The fourth-order valence-corrected chi connectivity index (χ4v) is 5.47. The predicted molar refractivity (Wildman–Crippen MR) is 177 cm³/mol. The molecule has 46 heavy (non-hydrogen) atoms. The normalized spacial score (nSPS) is 13.3. The molecular weight excluding hydrogens is 750 g/mol. The number of rotatable bonds is 9. The number of aromatic nitrogens is 5. The second-order valence-corrected chi connectivity index (χ2v) is 11.5. The molecule has 0 fully saturated rings. The average molecular weight is 789 g/mol. The molecule has 0 atom stereocenters. The number of fused-ring (bicyclic) bond motifs is 3. The Labute approximate surface area is 290 Å². The van der Waals surface area contributed by atoms with Crippen molar-refractivity contribution in [3.63, 3.8) is 0 Å². The van der Waals surface area contributed by atoms with Crippen molar-refractivity contribution in [1.82, 2.24) is 19.1 Å². The van der Waals surface area contributed by atoms with Gasteiger partial charge < -0.3 is 18.9 Å². The van der Waals surface area contributed by atoms with Crippen molar-refractivity contribution in [3.8, 4) is 28.7 Å². The average Bonchev–Trinajstić information content (AvgIpc) is 3.72. The smallest absolute Gasteiger partial charge is 0.267 e. The first-order valence-electron chi connectivity index (χ1n) is 17.0. The van der Waals surface area contributed by atoms with Gasteiger partial charge in [0.15, 0.2) is 0 Å². The molecule has 0 unspecified atom stereocenters. The summed E-state index contributed by atoms with van der Waals surface area (Å²) in [7, 11) is 0. The first kappa shape index (κ1) is 26.7. The van der Waals surface area contributed by atoms with Gasteiger partial charge in [-0.25, -0.2) is 4.98 Å². The van der Waals surface area contributed by atoms with E-state index in [4.69, 9.17) is 10.2 Å². The van der Waals surface area contributed by atoms with Crippen molar-refractivity contribution < 1.29 is 35.9 Å². The molecule has 7 heteroatoms. The van der Waals surface area contributed by atoms with Crippen LogP contribution in [0.3, 0.4) is 0 Å². The predicted octanol–water partition coefficient (Wildman–Crippen LogP) is 8.23. The fraction of sp³-hybridized carbons (Fsp3) is 0.205. The Hall–Kier alpha value is -4.54. The summed E-state index contributed by atoms with van der Waals surface area (Å²) < 4.78 is 46.2. The molecule has 0 spiro atoms. The van der Waals surface area contributed by atoms with Crippen LogP contribution in [-0.2, 0) is 33.8 Å². The molecular formula is C39H35N5OPt-2. The summed E-state index contributed by atoms with van der Waals surface area (Å²) in [5, 5.41) is 1.99. The molecule has 0 aliphatic heterocycles. The summed E-state index contributed by atoms with van der Waals surface area (Å²) in [5.74, 6) is 1.07. The van der Waals surface area contributed by atoms with Crippen LogP contribution in [0.4, 0.5) is 0 Å². The summed E-state index contributed by atoms with van der Waals surface area (Å²) in [6.07, 6.45) is 8.88.